The van der Waals surface area contributed by atoms with Crippen LogP contribution in [-0.2, 0) is 10.2 Å². The Hall–Kier alpha value is -1.40. The Kier molecular flexibility index (Phi) is 8.09. The summed E-state index contributed by atoms with van der Waals surface area (Å²) in [5.74, 6) is 0.434. The number of hydrogen-bond donors (Lipinski definition) is 2. The standard InChI is InChI=1S/C21H27NO2.HI/c1-5-20(24)21(15-16(2)22(3)4,17-9-7-6-8-10-17)18-11-13-19(23)14-12-18;/h6-14,16,23H,5,15H2,1-4H3;1H. The van der Waals surface area contributed by atoms with Crippen LogP contribution in [0.5, 0.6) is 5.75 Å². The van der Waals surface area contributed by atoms with Crippen molar-refractivity contribution in [2.45, 2.75) is 38.1 Å². The van der Waals surface area contributed by atoms with Crippen molar-refractivity contribution >= 4 is 5.78 Å². The summed E-state index contributed by atoms with van der Waals surface area (Å²) < 4.78 is 0. The predicted octanol–water partition coefficient (Wildman–Crippen LogP) is -0.415. The number of halogens is 1. The molecule has 0 aliphatic carbocycles. The highest BCUT2D eigenvalue weighted by molar-refractivity contribution is 5.93. The molecule has 25 heavy (non-hydrogen) atoms. The zero-order valence-corrected chi connectivity index (χ0v) is 17.6. The first-order valence-electron chi connectivity index (χ1n) is 8.60. The van der Waals surface area contributed by atoms with E-state index in [9.17, 15) is 9.90 Å². The molecule has 136 valence electrons. The number of benzene rings is 2. The van der Waals surface area contributed by atoms with Crippen molar-refractivity contribution in [2.24, 2.45) is 0 Å². The van der Waals surface area contributed by atoms with Crippen molar-refractivity contribution in [1.82, 2.24) is 0 Å². The van der Waals surface area contributed by atoms with Crippen molar-refractivity contribution in [2.75, 3.05) is 14.1 Å². The lowest BCUT2D eigenvalue weighted by molar-refractivity contribution is -0.884. The number of carbonyl (C=O) groups excluding carboxylic acids is 1. The van der Waals surface area contributed by atoms with Gasteiger partial charge in [-0.05, 0) is 30.2 Å². The Morgan fingerprint density at radius 3 is 2.04 bits per heavy atom. The van der Waals surface area contributed by atoms with Gasteiger partial charge in [-0.3, -0.25) is 4.79 Å². The zero-order valence-electron chi connectivity index (χ0n) is 15.4. The maximum Gasteiger partial charge on any atom is 0.147 e. The van der Waals surface area contributed by atoms with Gasteiger partial charge < -0.3 is 34.0 Å². The fourth-order valence-electron chi connectivity index (χ4n) is 3.27. The Balaban J connectivity index is 0.00000312. The number of quaternary nitrogens is 1. The monoisotopic (exact) mass is 453 g/mol. The van der Waals surface area contributed by atoms with Gasteiger partial charge in [0.05, 0.1) is 25.6 Å². The molecule has 3 nitrogen and oxygen atoms in total. The molecule has 0 spiro atoms. The number of carbonyl (C=O) groups is 1. The van der Waals surface area contributed by atoms with Crippen molar-refractivity contribution in [1.29, 1.82) is 0 Å². The van der Waals surface area contributed by atoms with Crippen LogP contribution >= 0.6 is 0 Å². The Morgan fingerprint density at radius 1 is 1.04 bits per heavy atom. The highest BCUT2D eigenvalue weighted by atomic mass is 127. The molecule has 2 aromatic rings. The lowest BCUT2D eigenvalue weighted by atomic mass is 9.67. The highest BCUT2D eigenvalue weighted by Gasteiger charge is 2.43. The summed E-state index contributed by atoms with van der Waals surface area (Å²) >= 11 is 0. The van der Waals surface area contributed by atoms with E-state index in [1.54, 1.807) is 12.1 Å². The quantitative estimate of drug-likeness (QED) is 0.560. The van der Waals surface area contributed by atoms with Crippen molar-refractivity contribution in [3.8, 4) is 5.75 Å². The SMILES string of the molecule is CCC(=O)C(CC(C)[NH+](C)C)(c1ccccc1)c1ccc(O)cc1.[I-]. The summed E-state index contributed by atoms with van der Waals surface area (Å²) in [5.41, 5.74) is 1.29. The van der Waals surface area contributed by atoms with Crippen LogP contribution in [0.25, 0.3) is 0 Å². The second-order valence-corrected chi connectivity index (χ2v) is 6.78. The van der Waals surface area contributed by atoms with Crippen molar-refractivity contribution < 1.29 is 38.8 Å². The molecule has 0 saturated heterocycles. The fourth-order valence-corrected chi connectivity index (χ4v) is 3.27. The average molecular weight is 453 g/mol. The first kappa shape index (κ1) is 21.6. The molecule has 0 saturated carbocycles. The van der Waals surface area contributed by atoms with Crippen LogP contribution < -0.4 is 28.9 Å². The van der Waals surface area contributed by atoms with Gasteiger partial charge in [-0.15, -0.1) is 0 Å². The smallest absolute Gasteiger partial charge is 0.147 e. The van der Waals surface area contributed by atoms with Gasteiger partial charge in [0, 0.05) is 12.8 Å². The predicted molar refractivity (Wildman–Crippen MR) is 97.5 cm³/mol. The van der Waals surface area contributed by atoms with Gasteiger partial charge in [-0.1, -0.05) is 49.4 Å². The second-order valence-electron chi connectivity index (χ2n) is 6.78. The molecule has 0 heterocycles. The number of nitrogens with one attached hydrogen (secondary N) is 1. The molecule has 0 aliphatic heterocycles. The molecular formula is C21H28INO2. The lowest BCUT2D eigenvalue weighted by Gasteiger charge is -2.36. The van der Waals surface area contributed by atoms with Crippen molar-refractivity contribution in [3.05, 3.63) is 65.7 Å². The van der Waals surface area contributed by atoms with E-state index in [0.717, 1.165) is 17.5 Å². The first-order valence-corrected chi connectivity index (χ1v) is 8.60. The van der Waals surface area contributed by atoms with Gasteiger partial charge in [0.2, 0.25) is 0 Å². The minimum Gasteiger partial charge on any atom is -1.00 e. The topological polar surface area (TPSA) is 41.7 Å². The number of ketones is 1. The lowest BCUT2D eigenvalue weighted by Crippen LogP contribution is -3.09. The van der Waals surface area contributed by atoms with E-state index in [2.05, 4.69) is 21.0 Å². The van der Waals surface area contributed by atoms with Crippen LogP contribution in [0.3, 0.4) is 0 Å². The van der Waals surface area contributed by atoms with E-state index >= 15 is 0 Å². The third kappa shape index (κ3) is 4.61. The van der Waals surface area contributed by atoms with Gasteiger partial charge in [0.1, 0.15) is 11.5 Å². The number of hydrogen-bond acceptors (Lipinski definition) is 2. The normalized spacial score (nSPS) is 14.4. The van der Waals surface area contributed by atoms with E-state index in [1.807, 2.05) is 49.4 Å². The van der Waals surface area contributed by atoms with E-state index < -0.39 is 5.41 Å². The summed E-state index contributed by atoms with van der Waals surface area (Å²) in [6, 6.07) is 17.4. The van der Waals surface area contributed by atoms with Crippen LogP contribution in [-0.4, -0.2) is 31.0 Å². The molecule has 0 fully saturated rings. The Bertz CT molecular complexity index is 670. The van der Waals surface area contributed by atoms with Crippen LogP contribution in [0.15, 0.2) is 54.6 Å². The fraction of sp³-hybridized carbons (Fsp3) is 0.381. The van der Waals surface area contributed by atoms with E-state index in [-0.39, 0.29) is 35.5 Å². The largest absolute Gasteiger partial charge is 1.00 e. The van der Waals surface area contributed by atoms with E-state index in [1.165, 1.54) is 4.90 Å². The number of aromatic hydroxyl groups is 1. The third-order valence-corrected chi connectivity index (χ3v) is 5.02. The summed E-state index contributed by atoms with van der Waals surface area (Å²) in [5, 5.41) is 9.67. The number of phenols is 1. The van der Waals surface area contributed by atoms with E-state index in [4.69, 9.17) is 0 Å². The Labute approximate surface area is 168 Å². The summed E-state index contributed by atoms with van der Waals surface area (Å²) in [6.07, 6.45) is 1.21. The molecule has 0 aromatic heterocycles. The van der Waals surface area contributed by atoms with Gasteiger partial charge in [-0.2, -0.15) is 0 Å². The van der Waals surface area contributed by atoms with Gasteiger partial charge in [-0.25, -0.2) is 0 Å². The molecular weight excluding hydrogens is 425 g/mol. The van der Waals surface area contributed by atoms with E-state index in [0.29, 0.717) is 12.5 Å². The molecule has 0 aliphatic rings. The minimum atomic E-state index is -0.680. The van der Waals surface area contributed by atoms with Crippen LogP contribution in [0.2, 0.25) is 0 Å². The highest BCUT2D eigenvalue weighted by Crippen LogP contribution is 2.39. The van der Waals surface area contributed by atoms with Crippen molar-refractivity contribution in [3.63, 3.8) is 0 Å². The minimum absolute atomic E-state index is 0. The summed E-state index contributed by atoms with van der Waals surface area (Å²) in [6.45, 7) is 4.10. The van der Waals surface area contributed by atoms with Gasteiger partial charge in [0.15, 0.2) is 0 Å². The second kappa shape index (κ2) is 9.34. The molecule has 4 heteroatoms. The molecule has 0 amide bonds. The number of rotatable bonds is 7. The zero-order chi connectivity index (χ0) is 17.7. The molecule has 2 atom stereocenters. The van der Waals surface area contributed by atoms with Crippen LogP contribution in [0.4, 0.5) is 0 Å². The van der Waals surface area contributed by atoms with Crippen LogP contribution in [0.1, 0.15) is 37.8 Å². The molecule has 0 bridgehead atoms. The molecule has 2 unspecified atom stereocenters. The maximum absolute atomic E-state index is 13.2. The van der Waals surface area contributed by atoms with Gasteiger partial charge >= 0.3 is 0 Å². The molecule has 0 radical (unpaired) electrons. The van der Waals surface area contributed by atoms with Gasteiger partial charge in [0.25, 0.3) is 0 Å². The number of Topliss-reactive ketones (excluding diaryl/α,β-unsaturated/α-hetero) is 1. The number of phenolic OH excluding ortho intramolecular Hbond substituents is 1. The van der Waals surface area contributed by atoms with Crippen LogP contribution in [0, 0.1) is 0 Å². The summed E-state index contributed by atoms with van der Waals surface area (Å²) in [4.78, 5) is 14.5. The Morgan fingerprint density at radius 2 is 1.56 bits per heavy atom. The maximum atomic E-state index is 13.2. The average Bonchev–Trinajstić information content (AvgIpc) is 2.60. The molecule has 2 aromatic carbocycles. The summed E-state index contributed by atoms with van der Waals surface area (Å²) in [7, 11) is 4.24. The first-order chi connectivity index (χ1) is 11.4. The molecule has 2 rings (SSSR count). The third-order valence-electron chi connectivity index (χ3n) is 5.02. The molecule has 2 N–H and O–H groups in total.